The van der Waals surface area contributed by atoms with Gasteiger partial charge in [0.05, 0.1) is 10.0 Å². The number of hydrogen-bond acceptors (Lipinski definition) is 4. The van der Waals surface area contributed by atoms with Gasteiger partial charge >= 0.3 is 0 Å². The third kappa shape index (κ3) is 2.92. The van der Waals surface area contributed by atoms with Crippen molar-refractivity contribution < 1.29 is 0 Å². The van der Waals surface area contributed by atoms with Crippen LogP contribution < -0.4 is 10.6 Å². The Morgan fingerprint density at radius 1 is 1.29 bits per heavy atom. The van der Waals surface area contributed by atoms with E-state index in [-0.39, 0.29) is 0 Å². The first-order valence-corrected chi connectivity index (χ1v) is 7.19. The highest BCUT2D eigenvalue weighted by Gasteiger charge is 2.25. The normalized spacial score (nSPS) is 25.1. The third-order valence-corrected chi connectivity index (χ3v) is 4.47. The van der Waals surface area contributed by atoms with Crippen molar-refractivity contribution in [1.82, 2.24) is 4.98 Å². The molecule has 0 saturated carbocycles. The van der Waals surface area contributed by atoms with Crippen LogP contribution in [0.1, 0.15) is 13.8 Å². The lowest BCUT2D eigenvalue weighted by atomic mass is 10.3. The first kappa shape index (κ1) is 13.1. The van der Waals surface area contributed by atoms with Crippen molar-refractivity contribution in [2.75, 3.05) is 23.7 Å². The Kier molecular flexibility index (Phi) is 3.95. The topological polar surface area (TPSA) is 42.2 Å². The lowest BCUT2D eigenvalue weighted by Gasteiger charge is -2.35. The fourth-order valence-electron chi connectivity index (χ4n) is 2.04. The van der Waals surface area contributed by atoms with E-state index >= 15 is 0 Å². The molecule has 3 nitrogen and oxygen atoms in total. The number of nitrogens with zero attached hydrogens (tertiary/aromatic N) is 2. The van der Waals surface area contributed by atoms with E-state index in [0.717, 1.165) is 18.9 Å². The van der Waals surface area contributed by atoms with Gasteiger partial charge in [-0.25, -0.2) is 4.98 Å². The molecule has 0 amide bonds. The maximum atomic E-state index is 6.18. The Morgan fingerprint density at radius 3 is 2.47 bits per heavy atom. The summed E-state index contributed by atoms with van der Waals surface area (Å²) in [5, 5.41) is 2.10. The highest BCUT2D eigenvalue weighted by Crippen LogP contribution is 2.34. The third-order valence-electron chi connectivity index (χ3n) is 2.66. The SMILES string of the molecule is CC1CN(c2nc(N)c(Cl)cc2Cl)CC(C)S1. The van der Waals surface area contributed by atoms with Gasteiger partial charge in [0.2, 0.25) is 0 Å². The number of rotatable bonds is 1. The first-order chi connectivity index (χ1) is 7.97. The van der Waals surface area contributed by atoms with Gasteiger partial charge in [0.25, 0.3) is 0 Å². The molecule has 2 unspecified atom stereocenters. The lowest BCUT2D eigenvalue weighted by Crippen LogP contribution is -2.41. The average molecular weight is 292 g/mol. The molecular weight excluding hydrogens is 277 g/mol. The van der Waals surface area contributed by atoms with Crippen LogP contribution in [0.5, 0.6) is 0 Å². The predicted octanol–water partition coefficient (Wildman–Crippen LogP) is 3.30. The smallest absolute Gasteiger partial charge is 0.150 e. The molecule has 0 aliphatic carbocycles. The van der Waals surface area contributed by atoms with Crippen molar-refractivity contribution in [2.24, 2.45) is 0 Å². The summed E-state index contributed by atoms with van der Waals surface area (Å²) >= 11 is 14.0. The van der Waals surface area contributed by atoms with E-state index in [1.165, 1.54) is 0 Å². The number of nitrogens with two attached hydrogens (primary N) is 1. The first-order valence-electron chi connectivity index (χ1n) is 5.49. The summed E-state index contributed by atoms with van der Waals surface area (Å²) in [6.07, 6.45) is 0. The molecule has 1 fully saturated rings. The zero-order valence-electron chi connectivity index (χ0n) is 9.78. The van der Waals surface area contributed by atoms with E-state index in [2.05, 4.69) is 23.7 Å². The van der Waals surface area contributed by atoms with Gasteiger partial charge in [0.15, 0.2) is 0 Å². The maximum absolute atomic E-state index is 6.18. The summed E-state index contributed by atoms with van der Waals surface area (Å²) in [5.74, 6) is 1.08. The fourth-order valence-corrected chi connectivity index (χ4v) is 3.85. The van der Waals surface area contributed by atoms with Gasteiger partial charge in [0.1, 0.15) is 11.6 Å². The molecular formula is C11H15Cl2N3S. The zero-order chi connectivity index (χ0) is 12.6. The number of thioether (sulfide) groups is 1. The van der Waals surface area contributed by atoms with Gasteiger partial charge in [0, 0.05) is 23.6 Å². The van der Waals surface area contributed by atoms with E-state index in [9.17, 15) is 0 Å². The van der Waals surface area contributed by atoms with Gasteiger partial charge in [-0.2, -0.15) is 11.8 Å². The number of anilines is 2. The Hall–Kier alpha value is -0.320. The minimum absolute atomic E-state index is 0.338. The highest BCUT2D eigenvalue weighted by molar-refractivity contribution is 8.00. The van der Waals surface area contributed by atoms with Gasteiger partial charge in [-0.1, -0.05) is 37.0 Å². The second kappa shape index (κ2) is 5.12. The van der Waals surface area contributed by atoms with Crippen molar-refractivity contribution in [2.45, 2.75) is 24.3 Å². The number of aromatic nitrogens is 1. The molecule has 17 heavy (non-hydrogen) atoms. The molecule has 2 atom stereocenters. The molecule has 1 aliphatic heterocycles. The zero-order valence-corrected chi connectivity index (χ0v) is 12.1. The summed E-state index contributed by atoms with van der Waals surface area (Å²) in [6, 6.07) is 1.66. The van der Waals surface area contributed by atoms with Crippen molar-refractivity contribution in [1.29, 1.82) is 0 Å². The molecule has 1 saturated heterocycles. The quantitative estimate of drug-likeness (QED) is 0.862. The van der Waals surface area contributed by atoms with Crippen LogP contribution in [0.15, 0.2) is 6.07 Å². The molecule has 1 aromatic heterocycles. The predicted molar refractivity (Wildman–Crippen MR) is 77.4 cm³/mol. The second-order valence-electron chi connectivity index (χ2n) is 4.32. The molecule has 0 aromatic carbocycles. The molecule has 2 heterocycles. The van der Waals surface area contributed by atoms with Crippen LogP contribution in [0.3, 0.4) is 0 Å². The minimum Gasteiger partial charge on any atom is -0.382 e. The van der Waals surface area contributed by atoms with Crippen LogP contribution >= 0.6 is 35.0 Å². The van der Waals surface area contributed by atoms with Gasteiger partial charge in [-0.05, 0) is 6.07 Å². The number of pyridine rings is 1. The van der Waals surface area contributed by atoms with Gasteiger partial charge < -0.3 is 10.6 Å². The minimum atomic E-state index is 0.338. The standard InChI is InChI=1S/C11H15Cl2N3S/c1-6-4-16(5-7(2)17-6)11-9(13)3-8(12)10(14)15-11/h3,6-7H,4-5H2,1-2H3,(H2,14,15). The summed E-state index contributed by atoms with van der Waals surface area (Å²) in [5.41, 5.74) is 5.73. The monoisotopic (exact) mass is 291 g/mol. The van der Waals surface area contributed by atoms with Crippen LogP contribution in [0.2, 0.25) is 10.0 Å². The van der Waals surface area contributed by atoms with E-state index in [1.807, 2.05) is 11.8 Å². The Balaban J connectivity index is 2.30. The lowest BCUT2D eigenvalue weighted by molar-refractivity contribution is 0.719. The summed E-state index contributed by atoms with van der Waals surface area (Å²) in [4.78, 5) is 6.48. The van der Waals surface area contributed by atoms with Crippen molar-refractivity contribution in [3.05, 3.63) is 16.1 Å². The summed E-state index contributed by atoms with van der Waals surface area (Å²) < 4.78 is 0. The molecule has 94 valence electrons. The Morgan fingerprint density at radius 2 is 1.88 bits per heavy atom. The number of nitrogen functional groups attached to an aromatic ring is 1. The molecule has 1 aliphatic rings. The molecule has 0 radical (unpaired) electrons. The largest absolute Gasteiger partial charge is 0.382 e. The van der Waals surface area contributed by atoms with Crippen LogP contribution in [-0.2, 0) is 0 Å². The fraction of sp³-hybridized carbons (Fsp3) is 0.545. The number of hydrogen-bond donors (Lipinski definition) is 1. The highest BCUT2D eigenvalue weighted by atomic mass is 35.5. The molecule has 2 rings (SSSR count). The summed E-state index contributed by atoms with van der Waals surface area (Å²) in [7, 11) is 0. The van der Waals surface area contributed by atoms with Crippen LogP contribution in [0.25, 0.3) is 0 Å². The molecule has 6 heteroatoms. The number of halogens is 2. The van der Waals surface area contributed by atoms with Gasteiger partial charge in [-0.15, -0.1) is 0 Å². The maximum Gasteiger partial charge on any atom is 0.150 e. The molecule has 0 bridgehead atoms. The average Bonchev–Trinajstić information content (AvgIpc) is 2.22. The van der Waals surface area contributed by atoms with Crippen LogP contribution in [0.4, 0.5) is 11.6 Å². The second-order valence-corrected chi connectivity index (χ2v) is 7.02. The van der Waals surface area contributed by atoms with Gasteiger partial charge in [-0.3, -0.25) is 0 Å². The van der Waals surface area contributed by atoms with Crippen molar-refractivity contribution in [3.8, 4) is 0 Å². The van der Waals surface area contributed by atoms with E-state index in [4.69, 9.17) is 28.9 Å². The van der Waals surface area contributed by atoms with Crippen molar-refractivity contribution >= 4 is 46.6 Å². The van der Waals surface area contributed by atoms with Crippen LogP contribution in [0, 0.1) is 0 Å². The van der Waals surface area contributed by atoms with Crippen molar-refractivity contribution in [3.63, 3.8) is 0 Å². The Bertz CT molecular complexity index is 417. The Labute approximate surface area is 116 Å². The molecule has 0 spiro atoms. The van der Waals surface area contributed by atoms with E-state index in [1.54, 1.807) is 6.07 Å². The van der Waals surface area contributed by atoms with E-state index in [0.29, 0.717) is 26.4 Å². The van der Waals surface area contributed by atoms with Crippen LogP contribution in [-0.4, -0.2) is 28.6 Å². The summed E-state index contributed by atoms with van der Waals surface area (Å²) in [6.45, 7) is 6.28. The van der Waals surface area contributed by atoms with E-state index < -0.39 is 0 Å². The molecule has 2 N–H and O–H groups in total. The molecule has 1 aromatic rings.